The number of ether oxygens (including phenoxy) is 1. The number of methoxy groups -OCH3 is 1. The lowest BCUT2D eigenvalue weighted by Crippen LogP contribution is -2.44. The Balaban J connectivity index is 1.33. The highest BCUT2D eigenvalue weighted by Crippen LogP contribution is 2.50. The number of pyridine rings is 1. The summed E-state index contributed by atoms with van der Waals surface area (Å²) in [5, 5.41) is 15.5. The Kier molecular flexibility index (Phi) is 9.27. The molecule has 1 saturated carbocycles. The van der Waals surface area contributed by atoms with Gasteiger partial charge in [-0.1, -0.05) is 6.07 Å². The Hall–Kier alpha value is -3.11. The molecule has 1 fully saturated rings. The van der Waals surface area contributed by atoms with Gasteiger partial charge in [-0.15, -0.1) is 0 Å². The van der Waals surface area contributed by atoms with Crippen LogP contribution in [0.1, 0.15) is 53.7 Å². The highest BCUT2D eigenvalue weighted by molar-refractivity contribution is 5.96. The number of nitrogens with zero attached hydrogens (tertiary/aromatic N) is 2. The van der Waals surface area contributed by atoms with Gasteiger partial charge in [0.05, 0.1) is 6.61 Å². The third-order valence-electron chi connectivity index (χ3n) is 7.45. The van der Waals surface area contributed by atoms with Crippen molar-refractivity contribution in [3.8, 4) is 0 Å². The Morgan fingerprint density at radius 2 is 1.97 bits per heavy atom. The van der Waals surface area contributed by atoms with E-state index in [0.29, 0.717) is 25.8 Å². The van der Waals surface area contributed by atoms with Gasteiger partial charge in [0.1, 0.15) is 23.5 Å². The van der Waals surface area contributed by atoms with Crippen molar-refractivity contribution < 1.29 is 28.2 Å². The molecule has 2 heterocycles. The first-order valence-electron chi connectivity index (χ1n) is 13.2. The second kappa shape index (κ2) is 12.6. The number of nitrogens with one attached hydrogen (secondary N) is 2. The SMILES string of the molecule is COCCN(CCC(NC(=O)c1cc(F)cc(F)c1)C(=O)O)CC1(CCc2ccc3c(n2)NCCC3)CC1. The van der Waals surface area contributed by atoms with E-state index in [1.807, 2.05) is 0 Å². The Bertz CT molecular complexity index is 1120. The molecule has 1 aliphatic carbocycles. The third-order valence-corrected chi connectivity index (χ3v) is 7.45. The fourth-order valence-electron chi connectivity index (χ4n) is 5.03. The lowest BCUT2D eigenvalue weighted by molar-refractivity contribution is -0.139. The first-order chi connectivity index (χ1) is 18.3. The molecule has 4 rings (SSSR count). The van der Waals surface area contributed by atoms with Gasteiger partial charge in [-0.3, -0.25) is 4.79 Å². The lowest BCUT2D eigenvalue weighted by Gasteiger charge is -2.28. The molecule has 0 radical (unpaired) electrons. The maximum Gasteiger partial charge on any atom is 0.326 e. The molecule has 10 heteroatoms. The second-order valence-electron chi connectivity index (χ2n) is 10.4. The molecule has 0 bridgehead atoms. The summed E-state index contributed by atoms with van der Waals surface area (Å²) in [6, 6.07) is 5.52. The minimum Gasteiger partial charge on any atom is -0.480 e. The average Bonchev–Trinajstić information content (AvgIpc) is 3.66. The van der Waals surface area contributed by atoms with Crippen LogP contribution in [0.3, 0.4) is 0 Å². The Morgan fingerprint density at radius 1 is 1.21 bits per heavy atom. The number of hydrogen-bond donors (Lipinski definition) is 3. The number of aromatic nitrogens is 1. The number of carboxylic acids is 1. The second-order valence-corrected chi connectivity index (χ2v) is 10.4. The van der Waals surface area contributed by atoms with E-state index in [2.05, 4.69) is 27.7 Å². The van der Waals surface area contributed by atoms with Crippen molar-refractivity contribution in [3.63, 3.8) is 0 Å². The molecule has 3 N–H and O–H groups in total. The minimum atomic E-state index is -1.20. The molecule has 2 aliphatic rings. The first-order valence-corrected chi connectivity index (χ1v) is 13.2. The Morgan fingerprint density at radius 3 is 2.66 bits per heavy atom. The molecule has 2 aromatic rings. The zero-order valence-electron chi connectivity index (χ0n) is 21.8. The number of fused-ring (bicyclic) bond motifs is 1. The number of anilines is 1. The molecule has 0 saturated heterocycles. The molecule has 1 aromatic carbocycles. The van der Waals surface area contributed by atoms with Crippen molar-refractivity contribution in [1.82, 2.24) is 15.2 Å². The summed E-state index contributed by atoms with van der Waals surface area (Å²) in [6.07, 6.45) is 6.41. The van der Waals surface area contributed by atoms with E-state index in [1.54, 1.807) is 7.11 Å². The van der Waals surface area contributed by atoms with E-state index < -0.39 is 29.6 Å². The van der Waals surface area contributed by atoms with Crippen LogP contribution in [-0.4, -0.2) is 72.8 Å². The smallest absolute Gasteiger partial charge is 0.326 e. The number of carboxylic acid groups (broad SMARTS) is 1. The largest absolute Gasteiger partial charge is 0.480 e. The average molecular weight is 531 g/mol. The van der Waals surface area contributed by atoms with Gasteiger partial charge in [-0.25, -0.2) is 18.6 Å². The number of aliphatic carboxylic acids is 1. The molecule has 38 heavy (non-hydrogen) atoms. The van der Waals surface area contributed by atoms with Crippen LogP contribution in [0.4, 0.5) is 14.6 Å². The molecular weight excluding hydrogens is 494 g/mol. The van der Waals surface area contributed by atoms with Crippen molar-refractivity contribution in [1.29, 1.82) is 0 Å². The van der Waals surface area contributed by atoms with E-state index in [0.717, 1.165) is 75.3 Å². The summed E-state index contributed by atoms with van der Waals surface area (Å²) in [4.78, 5) is 31.3. The first kappa shape index (κ1) is 27.9. The number of hydrogen-bond acceptors (Lipinski definition) is 6. The van der Waals surface area contributed by atoms with Gasteiger partial charge in [0.2, 0.25) is 0 Å². The minimum absolute atomic E-state index is 0.150. The highest BCUT2D eigenvalue weighted by Gasteiger charge is 2.43. The van der Waals surface area contributed by atoms with E-state index in [9.17, 15) is 23.5 Å². The highest BCUT2D eigenvalue weighted by atomic mass is 19.1. The van der Waals surface area contributed by atoms with Gasteiger partial charge in [0.25, 0.3) is 5.91 Å². The number of halogens is 2. The van der Waals surface area contributed by atoms with Gasteiger partial charge >= 0.3 is 5.97 Å². The van der Waals surface area contributed by atoms with Gasteiger partial charge < -0.3 is 25.4 Å². The van der Waals surface area contributed by atoms with Crippen LogP contribution in [0.25, 0.3) is 0 Å². The summed E-state index contributed by atoms with van der Waals surface area (Å²) in [5.41, 5.74) is 2.25. The monoisotopic (exact) mass is 530 g/mol. The van der Waals surface area contributed by atoms with E-state index in [1.165, 1.54) is 5.56 Å². The van der Waals surface area contributed by atoms with Gasteiger partial charge in [-0.05, 0) is 74.1 Å². The summed E-state index contributed by atoms with van der Waals surface area (Å²) >= 11 is 0. The fourth-order valence-corrected chi connectivity index (χ4v) is 5.03. The molecular formula is C28H36F2N4O4. The number of carbonyl (C=O) groups is 2. The van der Waals surface area contributed by atoms with Crippen LogP contribution in [0.15, 0.2) is 30.3 Å². The standard InChI is InChI=1S/C28H36F2N4O4/c1-38-14-13-34(12-7-24(27(36)37)33-26(35)20-15-21(29)17-22(30)16-20)18-28(9-10-28)8-6-23-5-4-19-3-2-11-31-25(19)32-23/h4-5,15-17,24H,2-3,6-14,18H2,1H3,(H,31,32)(H,33,35)(H,36,37). The molecule has 206 valence electrons. The van der Waals surface area contributed by atoms with E-state index in [-0.39, 0.29) is 17.4 Å². The van der Waals surface area contributed by atoms with Gasteiger partial charge in [0, 0.05) is 50.6 Å². The number of amides is 1. The topological polar surface area (TPSA) is 104 Å². The Labute approximate surface area is 221 Å². The van der Waals surface area contributed by atoms with Gasteiger partial charge in [-0.2, -0.15) is 0 Å². The van der Waals surface area contributed by atoms with Crippen LogP contribution < -0.4 is 10.6 Å². The molecule has 8 nitrogen and oxygen atoms in total. The number of rotatable bonds is 14. The van der Waals surface area contributed by atoms with Crippen LogP contribution in [0.5, 0.6) is 0 Å². The number of benzene rings is 1. The summed E-state index contributed by atoms with van der Waals surface area (Å²) < 4.78 is 32.3. The predicted octanol–water partition coefficient (Wildman–Crippen LogP) is 3.65. The summed E-state index contributed by atoms with van der Waals surface area (Å²) in [7, 11) is 1.62. The summed E-state index contributed by atoms with van der Waals surface area (Å²) in [6.45, 7) is 3.32. The van der Waals surface area contributed by atoms with Gasteiger partial charge in [0.15, 0.2) is 0 Å². The van der Waals surface area contributed by atoms with Crippen LogP contribution in [0, 0.1) is 17.0 Å². The van der Waals surface area contributed by atoms with Crippen molar-refractivity contribution in [2.24, 2.45) is 5.41 Å². The molecule has 1 amide bonds. The third kappa shape index (κ3) is 7.70. The summed E-state index contributed by atoms with van der Waals surface area (Å²) in [5.74, 6) is -2.82. The van der Waals surface area contributed by atoms with Crippen molar-refractivity contribution in [3.05, 3.63) is 58.8 Å². The fraction of sp³-hybridized carbons (Fsp3) is 0.536. The van der Waals surface area contributed by atoms with Crippen LogP contribution in [0.2, 0.25) is 0 Å². The van der Waals surface area contributed by atoms with Crippen molar-refractivity contribution >= 4 is 17.7 Å². The van der Waals surface area contributed by atoms with Crippen LogP contribution in [-0.2, 0) is 22.4 Å². The zero-order chi connectivity index (χ0) is 27.1. The maximum atomic E-state index is 13.5. The van der Waals surface area contributed by atoms with E-state index >= 15 is 0 Å². The van der Waals surface area contributed by atoms with E-state index in [4.69, 9.17) is 9.72 Å². The number of carbonyl (C=O) groups excluding carboxylic acids is 1. The molecule has 1 unspecified atom stereocenters. The van der Waals surface area contributed by atoms with Crippen molar-refractivity contribution in [2.75, 3.05) is 45.2 Å². The van der Waals surface area contributed by atoms with Crippen molar-refractivity contribution in [2.45, 2.75) is 51.0 Å². The molecule has 0 spiro atoms. The maximum absolute atomic E-state index is 13.5. The van der Waals surface area contributed by atoms with Crippen LogP contribution >= 0.6 is 0 Å². The number of aryl methyl sites for hydroxylation is 2. The molecule has 1 aliphatic heterocycles. The lowest BCUT2D eigenvalue weighted by atomic mass is 9.97. The predicted molar refractivity (Wildman–Crippen MR) is 139 cm³/mol. The molecule has 1 aromatic heterocycles. The zero-order valence-corrected chi connectivity index (χ0v) is 21.8. The normalized spacial score (nSPS) is 16.4. The quantitative estimate of drug-likeness (QED) is 0.343. The molecule has 1 atom stereocenters.